The lowest BCUT2D eigenvalue weighted by molar-refractivity contribution is -0.115. The van der Waals surface area contributed by atoms with Gasteiger partial charge in [-0.25, -0.2) is 4.39 Å². The number of anilines is 2. The summed E-state index contributed by atoms with van der Waals surface area (Å²) in [5.74, 6) is -0.168. The van der Waals surface area contributed by atoms with Crippen LogP contribution in [0.3, 0.4) is 0 Å². The van der Waals surface area contributed by atoms with Crippen molar-refractivity contribution < 1.29 is 14.0 Å². The van der Waals surface area contributed by atoms with Crippen LogP contribution >= 0.6 is 11.8 Å². The molecule has 2 amide bonds. The first-order valence-corrected chi connectivity index (χ1v) is 10.2. The SMILES string of the molecule is Cc1cccc(N2C(=O)CSC2c2ccc(NC(=O)c3ccc(F)cc3)cc2)c1. The fourth-order valence-corrected chi connectivity index (χ4v) is 4.44. The highest BCUT2D eigenvalue weighted by Crippen LogP contribution is 2.42. The first-order chi connectivity index (χ1) is 14.0. The Bertz CT molecular complexity index is 1050. The van der Waals surface area contributed by atoms with Crippen molar-refractivity contribution >= 4 is 35.0 Å². The molecular weight excluding hydrogens is 387 g/mol. The molecule has 146 valence electrons. The smallest absolute Gasteiger partial charge is 0.255 e. The molecule has 1 aliphatic rings. The number of carbonyl (C=O) groups is 2. The van der Waals surface area contributed by atoms with Crippen LogP contribution in [0.1, 0.15) is 26.9 Å². The second-order valence-electron chi connectivity index (χ2n) is 6.85. The fraction of sp³-hybridized carbons (Fsp3) is 0.130. The van der Waals surface area contributed by atoms with Crippen molar-refractivity contribution in [3.8, 4) is 0 Å². The van der Waals surface area contributed by atoms with Crippen molar-refractivity contribution in [2.75, 3.05) is 16.0 Å². The third kappa shape index (κ3) is 4.17. The van der Waals surface area contributed by atoms with Gasteiger partial charge in [0.05, 0.1) is 5.75 Å². The van der Waals surface area contributed by atoms with E-state index in [1.807, 2.05) is 60.4 Å². The number of amides is 2. The van der Waals surface area contributed by atoms with Gasteiger partial charge in [-0.2, -0.15) is 0 Å². The molecule has 29 heavy (non-hydrogen) atoms. The molecular formula is C23H19FN2O2S. The van der Waals surface area contributed by atoms with Gasteiger partial charge in [-0.05, 0) is 66.6 Å². The van der Waals surface area contributed by atoms with Crippen LogP contribution in [0.4, 0.5) is 15.8 Å². The Morgan fingerprint density at radius 3 is 2.48 bits per heavy atom. The van der Waals surface area contributed by atoms with Crippen LogP contribution in [0.5, 0.6) is 0 Å². The van der Waals surface area contributed by atoms with Crippen LogP contribution in [0.2, 0.25) is 0 Å². The summed E-state index contributed by atoms with van der Waals surface area (Å²) < 4.78 is 13.0. The highest BCUT2D eigenvalue weighted by Gasteiger charge is 2.34. The number of hydrogen-bond donors (Lipinski definition) is 1. The second kappa shape index (κ2) is 8.09. The average Bonchev–Trinajstić information content (AvgIpc) is 3.10. The van der Waals surface area contributed by atoms with E-state index in [-0.39, 0.29) is 23.0 Å². The van der Waals surface area contributed by atoms with Crippen molar-refractivity contribution in [1.29, 1.82) is 0 Å². The van der Waals surface area contributed by atoms with E-state index in [0.29, 0.717) is 17.0 Å². The number of nitrogens with one attached hydrogen (secondary N) is 1. The molecule has 4 nitrogen and oxygen atoms in total. The summed E-state index contributed by atoms with van der Waals surface area (Å²) in [5, 5.41) is 2.70. The Labute approximate surface area is 172 Å². The maximum absolute atomic E-state index is 13.0. The minimum absolute atomic E-state index is 0.0827. The first-order valence-electron chi connectivity index (χ1n) is 9.18. The number of carbonyl (C=O) groups excluding carboxylic acids is 2. The normalized spacial score (nSPS) is 16.1. The van der Waals surface area contributed by atoms with Gasteiger partial charge in [-0.3, -0.25) is 14.5 Å². The van der Waals surface area contributed by atoms with E-state index >= 15 is 0 Å². The van der Waals surface area contributed by atoms with Gasteiger partial charge >= 0.3 is 0 Å². The van der Waals surface area contributed by atoms with Crippen molar-refractivity contribution in [2.24, 2.45) is 0 Å². The lowest BCUT2D eigenvalue weighted by Crippen LogP contribution is -2.27. The van der Waals surface area contributed by atoms with E-state index in [9.17, 15) is 14.0 Å². The standard InChI is InChI=1S/C23H19FN2O2S/c1-15-3-2-4-20(13-15)26-21(27)14-29-23(26)17-7-11-19(12-8-17)25-22(28)16-5-9-18(24)10-6-16/h2-13,23H,14H2,1H3,(H,25,28). The fourth-order valence-electron chi connectivity index (χ4n) is 3.26. The maximum atomic E-state index is 13.0. The second-order valence-corrected chi connectivity index (χ2v) is 7.92. The molecule has 1 unspecified atom stereocenters. The summed E-state index contributed by atoms with van der Waals surface area (Å²) in [6.45, 7) is 2.00. The van der Waals surface area contributed by atoms with E-state index in [2.05, 4.69) is 5.32 Å². The number of aryl methyl sites for hydroxylation is 1. The molecule has 0 spiro atoms. The number of halogens is 1. The number of thioether (sulfide) groups is 1. The molecule has 0 aromatic heterocycles. The van der Waals surface area contributed by atoms with Crippen LogP contribution in [0.25, 0.3) is 0 Å². The van der Waals surface area contributed by atoms with Crippen LogP contribution in [-0.2, 0) is 4.79 Å². The van der Waals surface area contributed by atoms with Gasteiger partial charge in [0.2, 0.25) is 5.91 Å². The van der Waals surface area contributed by atoms with Gasteiger partial charge in [0.15, 0.2) is 0 Å². The largest absolute Gasteiger partial charge is 0.322 e. The molecule has 6 heteroatoms. The van der Waals surface area contributed by atoms with Gasteiger partial charge in [0.1, 0.15) is 11.2 Å². The molecule has 1 heterocycles. The Hall–Kier alpha value is -3.12. The lowest BCUT2D eigenvalue weighted by atomic mass is 10.1. The highest BCUT2D eigenvalue weighted by atomic mass is 32.2. The van der Waals surface area contributed by atoms with Gasteiger partial charge in [0, 0.05) is 16.9 Å². The molecule has 1 aliphatic heterocycles. The number of benzene rings is 3. The summed E-state index contributed by atoms with van der Waals surface area (Å²) in [6.07, 6.45) is 0. The van der Waals surface area contributed by atoms with Gasteiger partial charge in [-0.15, -0.1) is 11.8 Å². The molecule has 0 radical (unpaired) electrons. The summed E-state index contributed by atoms with van der Waals surface area (Å²) in [5.41, 5.74) is 4.00. The van der Waals surface area contributed by atoms with E-state index in [0.717, 1.165) is 16.8 Å². The molecule has 0 aliphatic carbocycles. The molecule has 0 bridgehead atoms. The predicted octanol–water partition coefficient (Wildman–Crippen LogP) is 5.17. The Kier molecular flexibility index (Phi) is 5.36. The van der Waals surface area contributed by atoms with Crippen LogP contribution in [-0.4, -0.2) is 17.6 Å². The van der Waals surface area contributed by atoms with Crippen molar-refractivity contribution in [1.82, 2.24) is 0 Å². The Balaban J connectivity index is 1.51. The summed E-state index contributed by atoms with van der Waals surface area (Å²) in [7, 11) is 0. The van der Waals surface area contributed by atoms with Crippen molar-refractivity contribution in [3.05, 3.63) is 95.3 Å². The summed E-state index contributed by atoms with van der Waals surface area (Å²) >= 11 is 1.58. The maximum Gasteiger partial charge on any atom is 0.255 e. The number of rotatable bonds is 4. The topological polar surface area (TPSA) is 49.4 Å². The van der Waals surface area contributed by atoms with Crippen LogP contribution < -0.4 is 10.2 Å². The zero-order valence-corrected chi connectivity index (χ0v) is 16.6. The summed E-state index contributed by atoms with van der Waals surface area (Å²) in [6, 6.07) is 20.8. The highest BCUT2D eigenvalue weighted by molar-refractivity contribution is 8.00. The van der Waals surface area contributed by atoms with Crippen LogP contribution in [0.15, 0.2) is 72.8 Å². The third-order valence-electron chi connectivity index (χ3n) is 4.71. The van der Waals surface area contributed by atoms with E-state index in [1.165, 1.54) is 24.3 Å². The van der Waals surface area contributed by atoms with Gasteiger partial charge in [0.25, 0.3) is 5.91 Å². The monoisotopic (exact) mass is 406 g/mol. The lowest BCUT2D eigenvalue weighted by Gasteiger charge is -2.25. The van der Waals surface area contributed by atoms with Crippen LogP contribution in [0, 0.1) is 12.7 Å². The van der Waals surface area contributed by atoms with Crippen molar-refractivity contribution in [3.63, 3.8) is 0 Å². The van der Waals surface area contributed by atoms with E-state index in [1.54, 1.807) is 11.8 Å². The Morgan fingerprint density at radius 1 is 1.07 bits per heavy atom. The quantitative estimate of drug-likeness (QED) is 0.651. The molecule has 4 rings (SSSR count). The molecule has 0 saturated carbocycles. The van der Waals surface area contributed by atoms with Gasteiger partial charge < -0.3 is 5.32 Å². The minimum Gasteiger partial charge on any atom is -0.322 e. The molecule has 1 fully saturated rings. The molecule has 3 aromatic carbocycles. The zero-order valence-electron chi connectivity index (χ0n) is 15.8. The molecule has 1 atom stereocenters. The average molecular weight is 406 g/mol. The van der Waals surface area contributed by atoms with Gasteiger partial charge in [-0.1, -0.05) is 24.3 Å². The molecule has 1 saturated heterocycles. The zero-order chi connectivity index (χ0) is 20.4. The first kappa shape index (κ1) is 19.2. The summed E-state index contributed by atoms with van der Waals surface area (Å²) in [4.78, 5) is 26.6. The third-order valence-corrected chi connectivity index (χ3v) is 5.92. The number of hydrogen-bond acceptors (Lipinski definition) is 3. The predicted molar refractivity (Wildman–Crippen MR) is 115 cm³/mol. The molecule has 3 aromatic rings. The van der Waals surface area contributed by atoms with Crippen molar-refractivity contribution in [2.45, 2.75) is 12.3 Å². The van der Waals surface area contributed by atoms with E-state index in [4.69, 9.17) is 0 Å². The molecule has 1 N–H and O–H groups in total. The minimum atomic E-state index is -0.382. The Morgan fingerprint density at radius 2 is 1.79 bits per heavy atom. The van der Waals surface area contributed by atoms with E-state index < -0.39 is 0 Å². The number of nitrogens with zero attached hydrogens (tertiary/aromatic N) is 1.